The summed E-state index contributed by atoms with van der Waals surface area (Å²) in [7, 11) is 5.36. The number of rotatable bonds is 3. The highest BCUT2D eigenvalue weighted by atomic mass is 16.5. The lowest BCUT2D eigenvalue weighted by atomic mass is 9.88. The lowest BCUT2D eigenvalue weighted by molar-refractivity contribution is 0.159. The van der Waals surface area contributed by atoms with Gasteiger partial charge in [-0.25, -0.2) is 9.78 Å². The SMILES string of the molecule is COc1ccc(C)nc1N1C[C@@H]2CN(C(=O)N(C)C)[C@@H](c3ccccc3C)[C@@H]2C1. The van der Waals surface area contributed by atoms with Crippen molar-refractivity contribution < 1.29 is 9.53 Å². The van der Waals surface area contributed by atoms with Crippen LogP contribution < -0.4 is 9.64 Å². The van der Waals surface area contributed by atoms with Crippen molar-refractivity contribution in [2.45, 2.75) is 19.9 Å². The van der Waals surface area contributed by atoms with Gasteiger partial charge in [0, 0.05) is 51.3 Å². The second-order valence-electron chi connectivity index (χ2n) is 8.44. The first-order valence-corrected chi connectivity index (χ1v) is 10.2. The summed E-state index contributed by atoms with van der Waals surface area (Å²) in [6, 6.07) is 12.6. The molecule has 0 N–H and O–H groups in total. The predicted molar refractivity (Wildman–Crippen MR) is 114 cm³/mol. The molecule has 1 aromatic heterocycles. The maximum absolute atomic E-state index is 13.0. The van der Waals surface area contributed by atoms with E-state index in [9.17, 15) is 4.79 Å². The Morgan fingerprint density at radius 3 is 2.55 bits per heavy atom. The van der Waals surface area contributed by atoms with E-state index < -0.39 is 0 Å². The third-order valence-corrected chi connectivity index (χ3v) is 6.30. The van der Waals surface area contributed by atoms with E-state index in [1.165, 1.54) is 11.1 Å². The molecule has 154 valence electrons. The number of urea groups is 1. The fraction of sp³-hybridized carbons (Fsp3) is 0.478. The molecule has 1 aromatic carbocycles. The van der Waals surface area contributed by atoms with Gasteiger partial charge in [0.05, 0.1) is 13.2 Å². The predicted octanol–water partition coefficient (Wildman–Crippen LogP) is 3.50. The minimum Gasteiger partial charge on any atom is -0.493 e. The summed E-state index contributed by atoms with van der Waals surface area (Å²) in [4.78, 5) is 23.8. The van der Waals surface area contributed by atoms with Crippen LogP contribution in [0.15, 0.2) is 36.4 Å². The zero-order valence-electron chi connectivity index (χ0n) is 17.9. The third kappa shape index (κ3) is 3.41. The number of benzene rings is 1. The molecule has 2 fully saturated rings. The molecule has 6 heteroatoms. The van der Waals surface area contributed by atoms with Crippen molar-refractivity contribution in [2.24, 2.45) is 11.8 Å². The molecular weight excluding hydrogens is 364 g/mol. The number of pyridine rings is 1. The smallest absolute Gasteiger partial charge is 0.320 e. The minimum absolute atomic E-state index is 0.0805. The number of ether oxygens (including phenoxy) is 1. The topological polar surface area (TPSA) is 48.9 Å². The number of carbonyl (C=O) groups is 1. The van der Waals surface area contributed by atoms with Crippen LogP contribution in [0.1, 0.15) is 22.9 Å². The Morgan fingerprint density at radius 1 is 1.10 bits per heavy atom. The number of methoxy groups -OCH3 is 1. The zero-order chi connectivity index (χ0) is 20.7. The average molecular weight is 395 g/mol. The highest BCUT2D eigenvalue weighted by Gasteiger charge is 2.50. The maximum atomic E-state index is 13.0. The number of hydrogen-bond acceptors (Lipinski definition) is 4. The monoisotopic (exact) mass is 394 g/mol. The lowest BCUT2D eigenvalue weighted by Gasteiger charge is -2.33. The van der Waals surface area contributed by atoms with E-state index in [-0.39, 0.29) is 12.1 Å². The Balaban J connectivity index is 1.69. The van der Waals surface area contributed by atoms with Gasteiger partial charge in [0.15, 0.2) is 11.6 Å². The number of carbonyl (C=O) groups excluding carboxylic acids is 1. The Bertz CT molecular complexity index is 914. The van der Waals surface area contributed by atoms with Crippen LogP contribution >= 0.6 is 0 Å². The van der Waals surface area contributed by atoms with E-state index in [1.54, 1.807) is 12.0 Å². The molecule has 0 spiro atoms. The van der Waals surface area contributed by atoms with Gasteiger partial charge in [0.1, 0.15) is 0 Å². The number of aromatic nitrogens is 1. The van der Waals surface area contributed by atoms with Crippen molar-refractivity contribution in [3.63, 3.8) is 0 Å². The number of nitrogens with zero attached hydrogens (tertiary/aromatic N) is 4. The van der Waals surface area contributed by atoms with Gasteiger partial charge in [-0.15, -0.1) is 0 Å². The number of fused-ring (bicyclic) bond motifs is 1. The second-order valence-corrected chi connectivity index (χ2v) is 8.44. The van der Waals surface area contributed by atoms with Crippen LogP contribution in [0, 0.1) is 25.7 Å². The Morgan fingerprint density at radius 2 is 1.86 bits per heavy atom. The van der Waals surface area contributed by atoms with Gasteiger partial charge in [-0.1, -0.05) is 24.3 Å². The Labute approximate surface area is 173 Å². The quantitative estimate of drug-likeness (QED) is 0.800. The number of likely N-dealkylation sites (tertiary alicyclic amines) is 1. The molecule has 29 heavy (non-hydrogen) atoms. The van der Waals surface area contributed by atoms with Crippen molar-refractivity contribution in [1.29, 1.82) is 0 Å². The largest absolute Gasteiger partial charge is 0.493 e. The highest BCUT2D eigenvalue weighted by Crippen LogP contribution is 2.47. The van der Waals surface area contributed by atoms with Crippen LogP contribution in [-0.4, -0.2) is 61.7 Å². The maximum Gasteiger partial charge on any atom is 0.320 e. The Kier molecular flexibility index (Phi) is 5.11. The van der Waals surface area contributed by atoms with Gasteiger partial charge in [0.25, 0.3) is 0 Å². The highest BCUT2D eigenvalue weighted by molar-refractivity contribution is 5.75. The van der Waals surface area contributed by atoms with Gasteiger partial charge in [-0.2, -0.15) is 0 Å². The number of aryl methyl sites for hydroxylation is 2. The number of anilines is 1. The summed E-state index contributed by atoms with van der Waals surface area (Å²) < 4.78 is 5.58. The lowest BCUT2D eigenvalue weighted by Crippen LogP contribution is -2.41. The first-order chi connectivity index (χ1) is 13.9. The summed E-state index contributed by atoms with van der Waals surface area (Å²) >= 11 is 0. The molecule has 4 rings (SSSR count). The summed E-state index contributed by atoms with van der Waals surface area (Å²) in [5.74, 6) is 2.50. The third-order valence-electron chi connectivity index (χ3n) is 6.30. The summed E-state index contributed by atoms with van der Waals surface area (Å²) in [5.41, 5.74) is 3.47. The van der Waals surface area contributed by atoms with Crippen LogP contribution in [0.2, 0.25) is 0 Å². The molecule has 2 amide bonds. The molecular formula is C23H30N4O2. The van der Waals surface area contributed by atoms with E-state index in [0.717, 1.165) is 36.9 Å². The first-order valence-electron chi connectivity index (χ1n) is 10.2. The van der Waals surface area contributed by atoms with Crippen LogP contribution in [0.4, 0.5) is 10.6 Å². The van der Waals surface area contributed by atoms with Crippen LogP contribution in [0.25, 0.3) is 0 Å². The average Bonchev–Trinajstić information content (AvgIpc) is 3.25. The van der Waals surface area contributed by atoms with Crippen molar-refractivity contribution in [3.8, 4) is 5.75 Å². The van der Waals surface area contributed by atoms with Crippen LogP contribution in [0.3, 0.4) is 0 Å². The standard InChI is InChI=1S/C23H30N4O2/c1-15-8-6-7-9-18(15)21-19-14-26(22-20(29-5)11-10-16(2)24-22)12-17(19)13-27(21)23(28)25(3)4/h6-11,17,19,21H,12-14H2,1-5H3/t17-,19-,21+/m1/s1. The van der Waals surface area contributed by atoms with E-state index in [1.807, 2.05) is 33.2 Å². The molecule has 6 nitrogen and oxygen atoms in total. The molecule has 3 heterocycles. The first kappa shape index (κ1) is 19.6. The van der Waals surface area contributed by atoms with Crippen molar-refractivity contribution in [1.82, 2.24) is 14.8 Å². The molecule has 2 aliphatic rings. The van der Waals surface area contributed by atoms with Crippen molar-refractivity contribution in [3.05, 3.63) is 53.2 Å². The Hall–Kier alpha value is -2.76. The minimum atomic E-state index is 0.0805. The van der Waals surface area contributed by atoms with Gasteiger partial charge in [-0.05, 0) is 37.1 Å². The molecule has 0 radical (unpaired) electrons. The number of hydrogen-bond donors (Lipinski definition) is 0. The zero-order valence-corrected chi connectivity index (χ0v) is 17.9. The van der Waals surface area contributed by atoms with Gasteiger partial charge < -0.3 is 19.4 Å². The molecule has 2 saturated heterocycles. The van der Waals surface area contributed by atoms with E-state index >= 15 is 0 Å². The van der Waals surface area contributed by atoms with Gasteiger partial charge in [-0.3, -0.25) is 0 Å². The van der Waals surface area contributed by atoms with Crippen molar-refractivity contribution in [2.75, 3.05) is 45.7 Å². The van der Waals surface area contributed by atoms with Crippen LogP contribution in [0.5, 0.6) is 5.75 Å². The van der Waals surface area contributed by atoms with Crippen LogP contribution in [-0.2, 0) is 0 Å². The molecule has 0 aliphatic carbocycles. The van der Waals surface area contributed by atoms with Crippen molar-refractivity contribution >= 4 is 11.8 Å². The van der Waals surface area contributed by atoms with E-state index in [0.29, 0.717) is 11.8 Å². The summed E-state index contributed by atoms with van der Waals surface area (Å²) in [6.07, 6.45) is 0. The molecule has 0 saturated carbocycles. The molecule has 0 unspecified atom stereocenters. The normalized spacial score (nSPS) is 23.3. The fourth-order valence-corrected chi connectivity index (χ4v) is 4.90. The molecule has 2 aliphatic heterocycles. The molecule has 3 atom stereocenters. The summed E-state index contributed by atoms with van der Waals surface area (Å²) in [5, 5.41) is 0. The van der Waals surface area contributed by atoms with Gasteiger partial charge in [0.2, 0.25) is 0 Å². The number of amides is 2. The van der Waals surface area contributed by atoms with E-state index in [4.69, 9.17) is 9.72 Å². The molecule has 2 aromatic rings. The fourth-order valence-electron chi connectivity index (χ4n) is 4.90. The second kappa shape index (κ2) is 7.58. The molecule has 0 bridgehead atoms. The summed E-state index contributed by atoms with van der Waals surface area (Å²) in [6.45, 7) is 6.67. The van der Waals surface area contributed by atoms with Gasteiger partial charge >= 0.3 is 6.03 Å². The van der Waals surface area contributed by atoms with E-state index in [2.05, 4.69) is 41.0 Å².